The highest BCUT2D eigenvalue weighted by Gasteiger charge is 2.25. The summed E-state index contributed by atoms with van der Waals surface area (Å²) in [6.07, 6.45) is 8.05. The van der Waals surface area contributed by atoms with Crippen LogP contribution in [-0.4, -0.2) is 47.4 Å². The summed E-state index contributed by atoms with van der Waals surface area (Å²) >= 11 is 0. The van der Waals surface area contributed by atoms with E-state index in [1.807, 2.05) is 36.4 Å². The molecule has 0 radical (unpaired) electrons. The van der Waals surface area contributed by atoms with Crippen LogP contribution >= 0.6 is 0 Å². The van der Waals surface area contributed by atoms with Crippen LogP contribution in [0.4, 0.5) is 0 Å². The van der Waals surface area contributed by atoms with Crippen molar-refractivity contribution in [3.8, 4) is 29.0 Å². The minimum absolute atomic E-state index is 0.152. The van der Waals surface area contributed by atoms with E-state index in [0.29, 0.717) is 53.5 Å². The molecule has 0 bridgehead atoms. The second-order valence-corrected chi connectivity index (χ2v) is 10.8. The van der Waals surface area contributed by atoms with Gasteiger partial charge in [0.25, 0.3) is 0 Å². The van der Waals surface area contributed by atoms with Gasteiger partial charge in [-0.15, -0.1) is 0 Å². The monoisotopic (exact) mass is 566 g/mol. The van der Waals surface area contributed by atoms with E-state index in [9.17, 15) is 5.26 Å². The van der Waals surface area contributed by atoms with Gasteiger partial charge in [0.05, 0.1) is 37.2 Å². The SMILES string of the molecule is CC1CCCC(Oc2cccc(C#N)c2)NC(=NCc2cccc(-c3ncc(OCC4CCNCC4)cn3)c2)/C1=N/N. The van der Waals surface area contributed by atoms with Crippen molar-refractivity contribution >= 4 is 11.5 Å². The van der Waals surface area contributed by atoms with E-state index in [1.165, 1.54) is 0 Å². The Kier molecular flexibility index (Phi) is 9.96. The zero-order chi connectivity index (χ0) is 29.1. The predicted molar refractivity (Wildman–Crippen MR) is 163 cm³/mol. The lowest BCUT2D eigenvalue weighted by atomic mass is 9.95. The van der Waals surface area contributed by atoms with Gasteiger partial charge in [0.2, 0.25) is 0 Å². The van der Waals surface area contributed by atoms with Crippen LogP contribution < -0.4 is 25.9 Å². The van der Waals surface area contributed by atoms with Gasteiger partial charge in [-0.1, -0.05) is 31.2 Å². The number of aliphatic imine (C=N–C) groups is 1. The molecule has 4 N–H and O–H groups in total. The largest absolute Gasteiger partial charge is 0.490 e. The quantitative estimate of drug-likeness (QED) is 0.269. The summed E-state index contributed by atoms with van der Waals surface area (Å²) < 4.78 is 12.2. The Morgan fingerprint density at radius 3 is 2.62 bits per heavy atom. The molecule has 2 atom stereocenters. The number of hydrogen-bond acceptors (Lipinski definition) is 9. The number of piperidine rings is 1. The molecule has 3 aromatic rings. The molecule has 5 rings (SSSR count). The van der Waals surface area contributed by atoms with Crippen LogP contribution in [0.2, 0.25) is 0 Å². The highest BCUT2D eigenvalue weighted by Crippen LogP contribution is 2.22. The van der Waals surface area contributed by atoms with E-state index in [0.717, 1.165) is 56.3 Å². The Hall–Kier alpha value is -4.49. The maximum Gasteiger partial charge on any atom is 0.171 e. The molecule has 0 amide bonds. The molecule has 10 heteroatoms. The van der Waals surface area contributed by atoms with Gasteiger partial charge in [-0.3, -0.25) is 4.99 Å². The van der Waals surface area contributed by atoms with Gasteiger partial charge < -0.3 is 25.9 Å². The number of rotatable bonds is 8. The fourth-order valence-electron chi connectivity index (χ4n) is 5.27. The number of nitrogens with two attached hydrogens (primary N) is 1. The number of nitrogens with one attached hydrogen (secondary N) is 2. The molecule has 1 aromatic heterocycles. The predicted octanol–water partition coefficient (Wildman–Crippen LogP) is 4.42. The van der Waals surface area contributed by atoms with Crippen molar-refractivity contribution in [1.29, 1.82) is 5.26 Å². The van der Waals surface area contributed by atoms with Crippen LogP contribution in [0, 0.1) is 23.2 Å². The van der Waals surface area contributed by atoms with Crippen LogP contribution in [0.3, 0.4) is 0 Å². The Morgan fingerprint density at radius 1 is 1.02 bits per heavy atom. The second kappa shape index (κ2) is 14.4. The molecule has 2 aromatic carbocycles. The van der Waals surface area contributed by atoms with E-state index in [4.69, 9.17) is 20.3 Å². The van der Waals surface area contributed by atoms with Gasteiger partial charge in [-0.05, 0) is 74.5 Å². The highest BCUT2D eigenvalue weighted by atomic mass is 16.5. The molecular weight excluding hydrogens is 528 g/mol. The summed E-state index contributed by atoms with van der Waals surface area (Å²) in [5.41, 5.74) is 3.17. The van der Waals surface area contributed by atoms with Crippen LogP contribution in [0.15, 0.2) is 71.0 Å². The molecule has 218 valence electrons. The average Bonchev–Trinajstić information content (AvgIpc) is 3.03. The molecule has 42 heavy (non-hydrogen) atoms. The molecule has 10 nitrogen and oxygen atoms in total. The third-order valence-corrected chi connectivity index (χ3v) is 7.67. The van der Waals surface area contributed by atoms with Crippen LogP contribution in [0.25, 0.3) is 11.4 Å². The Balaban J connectivity index is 1.27. The van der Waals surface area contributed by atoms with Gasteiger partial charge >= 0.3 is 0 Å². The van der Waals surface area contributed by atoms with Crippen LogP contribution in [0.1, 0.15) is 50.2 Å². The zero-order valence-electron chi connectivity index (χ0n) is 24.0. The Morgan fingerprint density at radius 2 is 1.83 bits per heavy atom. The number of nitrogens with zero attached hydrogens (tertiary/aromatic N) is 5. The summed E-state index contributed by atoms with van der Waals surface area (Å²) in [4.78, 5) is 14.0. The van der Waals surface area contributed by atoms with Gasteiger partial charge in [-0.2, -0.15) is 10.4 Å². The first kappa shape index (κ1) is 29.0. The van der Waals surface area contributed by atoms with Crippen molar-refractivity contribution in [1.82, 2.24) is 20.6 Å². The molecule has 0 saturated carbocycles. The van der Waals surface area contributed by atoms with Crippen molar-refractivity contribution in [3.63, 3.8) is 0 Å². The fourth-order valence-corrected chi connectivity index (χ4v) is 5.27. The number of hydrazone groups is 1. The number of nitriles is 1. The molecule has 0 spiro atoms. The third kappa shape index (κ3) is 7.83. The number of benzene rings is 2. The third-order valence-electron chi connectivity index (χ3n) is 7.67. The maximum absolute atomic E-state index is 9.25. The summed E-state index contributed by atoms with van der Waals surface area (Å²) in [5, 5.41) is 20.2. The smallest absolute Gasteiger partial charge is 0.171 e. The highest BCUT2D eigenvalue weighted by molar-refractivity contribution is 6.42. The standard InChI is InChI=1S/C32H38N8O2/c1-22-5-2-10-29(42-27-9-4-6-24(16-27)17-33)39-32(30(22)40-34)36-18-25-7-3-8-26(15-25)31-37-19-28(20-38-31)41-21-23-11-13-35-14-12-23/h3-4,6-9,15-16,19-20,22-23,29,35H,2,5,10-14,18,21,34H2,1H3,(H,36,39)/b40-30+. The number of hydrogen-bond donors (Lipinski definition) is 3. The average molecular weight is 567 g/mol. The Bertz CT molecular complexity index is 1430. The number of amidine groups is 1. The van der Waals surface area contributed by atoms with Crippen LogP contribution in [0.5, 0.6) is 11.5 Å². The molecule has 2 fully saturated rings. The number of aromatic nitrogens is 2. The summed E-state index contributed by atoms with van der Waals surface area (Å²) in [5.74, 6) is 9.13. The molecule has 2 saturated heterocycles. The topological polar surface area (TPSA) is 143 Å². The first-order chi connectivity index (χ1) is 20.6. The fraction of sp³-hybridized carbons (Fsp3) is 0.406. The summed E-state index contributed by atoms with van der Waals surface area (Å²) in [6, 6.07) is 17.3. The first-order valence-electron chi connectivity index (χ1n) is 14.6. The summed E-state index contributed by atoms with van der Waals surface area (Å²) in [7, 11) is 0. The molecular formula is C32H38N8O2. The van der Waals surface area contributed by atoms with Gasteiger partial charge in [-0.25, -0.2) is 9.97 Å². The lowest BCUT2D eigenvalue weighted by Crippen LogP contribution is -2.46. The maximum atomic E-state index is 9.25. The normalized spacial score (nSPS) is 21.6. The molecule has 0 aliphatic carbocycles. The van der Waals surface area contributed by atoms with Crippen molar-refractivity contribution in [2.75, 3.05) is 19.7 Å². The minimum atomic E-state index is -0.336. The van der Waals surface area contributed by atoms with E-state index in [-0.39, 0.29) is 12.1 Å². The van der Waals surface area contributed by atoms with E-state index < -0.39 is 0 Å². The Labute approximate surface area is 247 Å². The van der Waals surface area contributed by atoms with E-state index in [2.05, 4.69) is 38.7 Å². The minimum Gasteiger partial charge on any atom is -0.490 e. The lowest BCUT2D eigenvalue weighted by Gasteiger charge is -2.28. The lowest BCUT2D eigenvalue weighted by molar-refractivity contribution is 0.170. The van der Waals surface area contributed by atoms with Crippen molar-refractivity contribution in [2.24, 2.45) is 27.8 Å². The molecule has 3 heterocycles. The van der Waals surface area contributed by atoms with Crippen molar-refractivity contribution < 1.29 is 9.47 Å². The molecule has 2 unspecified atom stereocenters. The van der Waals surface area contributed by atoms with Gasteiger partial charge in [0.15, 0.2) is 17.8 Å². The van der Waals surface area contributed by atoms with Crippen molar-refractivity contribution in [2.45, 2.75) is 51.8 Å². The van der Waals surface area contributed by atoms with Crippen LogP contribution in [-0.2, 0) is 6.54 Å². The number of ether oxygens (including phenoxy) is 2. The molecule has 2 aliphatic heterocycles. The van der Waals surface area contributed by atoms with Crippen molar-refractivity contribution in [3.05, 3.63) is 72.1 Å². The van der Waals surface area contributed by atoms with E-state index >= 15 is 0 Å². The summed E-state index contributed by atoms with van der Waals surface area (Å²) in [6.45, 7) is 5.31. The zero-order valence-corrected chi connectivity index (χ0v) is 24.0. The van der Waals surface area contributed by atoms with E-state index in [1.54, 1.807) is 24.5 Å². The van der Waals surface area contributed by atoms with Gasteiger partial charge in [0, 0.05) is 17.9 Å². The second-order valence-electron chi connectivity index (χ2n) is 10.8. The first-order valence-corrected chi connectivity index (χ1v) is 14.6. The molecule has 2 aliphatic rings. The van der Waals surface area contributed by atoms with Gasteiger partial charge in [0.1, 0.15) is 17.3 Å².